The van der Waals surface area contributed by atoms with Crippen molar-refractivity contribution < 1.29 is 14.3 Å². The van der Waals surface area contributed by atoms with E-state index < -0.39 is 5.60 Å². The van der Waals surface area contributed by atoms with E-state index in [1.54, 1.807) is 32.0 Å². The first-order chi connectivity index (χ1) is 15.6. The molecule has 2 aliphatic heterocycles. The molecule has 0 unspecified atom stereocenters. The minimum absolute atomic E-state index is 0.0791. The molecule has 33 heavy (non-hydrogen) atoms. The highest BCUT2D eigenvalue weighted by atomic mass is 35.5. The van der Waals surface area contributed by atoms with Gasteiger partial charge in [-0.15, -0.1) is 0 Å². The summed E-state index contributed by atoms with van der Waals surface area (Å²) in [4.78, 5) is 26.8. The van der Waals surface area contributed by atoms with Crippen LogP contribution in [0.4, 0.5) is 11.4 Å². The molecule has 3 atom stereocenters. The predicted octanol–water partition coefficient (Wildman–Crippen LogP) is 5.43. The van der Waals surface area contributed by atoms with Crippen molar-refractivity contribution in [2.45, 2.75) is 70.2 Å². The molecule has 4 rings (SSSR count). The zero-order chi connectivity index (χ0) is 23.8. The molecule has 0 spiro atoms. The van der Waals surface area contributed by atoms with Gasteiger partial charge in [0, 0.05) is 41.4 Å². The van der Waals surface area contributed by atoms with Crippen molar-refractivity contribution in [3.05, 3.63) is 52.5 Å². The van der Waals surface area contributed by atoms with E-state index in [0.717, 1.165) is 37.1 Å². The van der Waals surface area contributed by atoms with E-state index in [2.05, 4.69) is 27.7 Å². The Hall–Kier alpha value is -2.44. The van der Waals surface area contributed by atoms with Crippen LogP contribution in [0.3, 0.4) is 0 Å². The maximum atomic E-state index is 13.1. The number of nitrogens with one attached hydrogen (secondary N) is 2. The molecule has 0 aromatic heterocycles. The largest absolute Gasteiger partial charge is 0.476 e. The van der Waals surface area contributed by atoms with Crippen LogP contribution >= 0.6 is 23.2 Å². The number of amides is 2. The van der Waals surface area contributed by atoms with Crippen molar-refractivity contribution in [2.24, 2.45) is 0 Å². The van der Waals surface area contributed by atoms with Gasteiger partial charge in [-0.2, -0.15) is 0 Å². The lowest BCUT2D eigenvalue weighted by molar-refractivity contribution is -0.135. The molecule has 2 saturated heterocycles. The minimum Gasteiger partial charge on any atom is -0.476 e. The quantitative estimate of drug-likeness (QED) is 0.567. The second kappa shape index (κ2) is 9.43. The number of nitrogens with zero attached hydrogens (tertiary/aromatic N) is 1. The Balaban J connectivity index is 1.38. The van der Waals surface area contributed by atoms with Gasteiger partial charge in [0.25, 0.3) is 5.91 Å². The topological polar surface area (TPSA) is 70.7 Å². The van der Waals surface area contributed by atoms with E-state index in [1.165, 1.54) is 6.92 Å². The number of carbonyl (C=O) groups excluding carboxylic acids is 2. The summed E-state index contributed by atoms with van der Waals surface area (Å²) in [5, 5.41) is 6.90. The van der Waals surface area contributed by atoms with Gasteiger partial charge in [0.15, 0.2) is 5.60 Å². The fraction of sp³-hybridized carbons (Fsp3) is 0.440. The molecule has 0 aliphatic carbocycles. The van der Waals surface area contributed by atoms with Gasteiger partial charge in [-0.25, -0.2) is 0 Å². The number of carbonyl (C=O) groups is 2. The summed E-state index contributed by atoms with van der Waals surface area (Å²) in [6.45, 7) is 4.99. The molecule has 2 heterocycles. The fourth-order valence-corrected chi connectivity index (χ4v) is 5.32. The third-order valence-corrected chi connectivity index (χ3v) is 6.89. The number of anilines is 2. The van der Waals surface area contributed by atoms with Crippen molar-refractivity contribution in [1.29, 1.82) is 0 Å². The zero-order valence-corrected chi connectivity index (χ0v) is 20.5. The molecule has 8 heteroatoms. The van der Waals surface area contributed by atoms with E-state index in [1.807, 2.05) is 12.1 Å². The maximum absolute atomic E-state index is 13.1. The van der Waals surface area contributed by atoms with E-state index >= 15 is 0 Å². The summed E-state index contributed by atoms with van der Waals surface area (Å²) in [5.74, 6) is 0.189. The van der Waals surface area contributed by atoms with Crippen molar-refractivity contribution in [3.8, 4) is 5.75 Å². The average molecular weight is 490 g/mol. The third kappa shape index (κ3) is 5.39. The molecule has 2 aliphatic rings. The molecular formula is C25H29Cl2N3O3. The van der Waals surface area contributed by atoms with Crippen molar-refractivity contribution in [2.75, 3.05) is 10.2 Å². The first kappa shape index (κ1) is 23.7. The van der Waals surface area contributed by atoms with Gasteiger partial charge < -0.3 is 20.3 Å². The van der Waals surface area contributed by atoms with Crippen molar-refractivity contribution in [3.63, 3.8) is 0 Å². The van der Waals surface area contributed by atoms with Crippen LogP contribution in [0, 0.1) is 0 Å². The molecule has 6 nitrogen and oxygen atoms in total. The monoisotopic (exact) mass is 489 g/mol. The van der Waals surface area contributed by atoms with Crippen molar-refractivity contribution in [1.82, 2.24) is 5.32 Å². The van der Waals surface area contributed by atoms with Crippen LogP contribution < -0.4 is 20.3 Å². The summed E-state index contributed by atoms with van der Waals surface area (Å²) in [6.07, 6.45) is 3.97. The number of halogens is 2. The highest BCUT2D eigenvalue weighted by Gasteiger charge is 2.42. The lowest BCUT2D eigenvalue weighted by atomic mass is 9.95. The zero-order valence-electron chi connectivity index (χ0n) is 19.0. The van der Waals surface area contributed by atoms with Crippen LogP contribution in [0.5, 0.6) is 5.75 Å². The molecule has 2 bridgehead atoms. The Kier molecular flexibility index (Phi) is 6.78. The van der Waals surface area contributed by atoms with Crippen molar-refractivity contribution >= 4 is 46.4 Å². The van der Waals surface area contributed by atoms with Gasteiger partial charge in [0.1, 0.15) is 5.75 Å². The van der Waals surface area contributed by atoms with E-state index in [-0.39, 0.29) is 17.9 Å². The number of hydrogen-bond acceptors (Lipinski definition) is 4. The molecule has 0 saturated carbocycles. The molecule has 0 radical (unpaired) electrons. The first-order valence-corrected chi connectivity index (χ1v) is 12.0. The Morgan fingerprint density at radius 1 is 1.03 bits per heavy atom. The fourth-order valence-electron chi connectivity index (χ4n) is 4.88. The molecule has 176 valence electrons. The van der Waals surface area contributed by atoms with Crippen LogP contribution in [0.15, 0.2) is 42.5 Å². The SMILES string of the molecule is CC(=O)Nc1ccc(N2[C@@H]3CC[C@H]2C[C@@H](NC(=O)C(C)(C)Oc2ccc(Cl)cc2Cl)C3)cc1. The maximum Gasteiger partial charge on any atom is 0.263 e. The van der Waals surface area contributed by atoms with Gasteiger partial charge in [0.2, 0.25) is 5.91 Å². The van der Waals surface area contributed by atoms with E-state index in [0.29, 0.717) is 27.9 Å². The van der Waals surface area contributed by atoms with Gasteiger partial charge in [0.05, 0.1) is 5.02 Å². The van der Waals surface area contributed by atoms with Gasteiger partial charge in [-0.3, -0.25) is 9.59 Å². The molecule has 2 fully saturated rings. The molecule has 2 amide bonds. The Labute approximate surface area is 204 Å². The Bertz CT molecular complexity index is 1030. The standard InChI is InChI=1S/C25H29Cl2N3O3/c1-15(31)28-17-5-7-19(8-6-17)30-20-9-10-21(30)14-18(13-20)29-24(32)25(2,3)33-23-11-4-16(26)12-22(23)27/h4-8,11-12,18,20-21H,9-10,13-14H2,1-3H3,(H,28,31)(H,29,32)/t18-,20+,21-. The normalized spacial score (nSPS) is 22.1. The second-order valence-corrected chi connectivity index (χ2v) is 10.2. The number of hydrogen-bond donors (Lipinski definition) is 2. The van der Waals surface area contributed by atoms with E-state index in [4.69, 9.17) is 27.9 Å². The summed E-state index contributed by atoms with van der Waals surface area (Å²) in [5.41, 5.74) is 0.874. The first-order valence-electron chi connectivity index (χ1n) is 11.2. The molecule has 2 N–H and O–H groups in total. The number of piperidine rings is 1. The molecular weight excluding hydrogens is 461 g/mol. The van der Waals surface area contributed by atoms with Crippen LogP contribution in [-0.4, -0.2) is 35.5 Å². The van der Waals surface area contributed by atoms with Gasteiger partial charge in [-0.05, 0) is 82.0 Å². The highest BCUT2D eigenvalue weighted by molar-refractivity contribution is 6.35. The summed E-state index contributed by atoms with van der Waals surface area (Å²) in [7, 11) is 0. The smallest absolute Gasteiger partial charge is 0.263 e. The molecule has 2 aromatic rings. The highest BCUT2D eigenvalue weighted by Crippen LogP contribution is 2.40. The van der Waals surface area contributed by atoms with Crippen LogP contribution in [0.1, 0.15) is 46.5 Å². The lowest BCUT2D eigenvalue weighted by Gasteiger charge is -2.41. The Morgan fingerprint density at radius 3 is 2.24 bits per heavy atom. The third-order valence-electron chi connectivity index (χ3n) is 6.36. The lowest BCUT2D eigenvalue weighted by Crippen LogP contribution is -2.55. The van der Waals surface area contributed by atoms with Gasteiger partial charge in [-0.1, -0.05) is 23.2 Å². The second-order valence-electron chi connectivity index (χ2n) is 9.35. The Morgan fingerprint density at radius 2 is 1.67 bits per heavy atom. The van der Waals surface area contributed by atoms with Crippen LogP contribution in [-0.2, 0) is 9.59 Å². The number of ether oxygens (including phenoxy) is 1. The predicted molar refractivity (Wildman–Crippen MR) is 132 cm³/mol. The number of fused-ring (bicyclic) bond motifs is 2. The average Bonchev–Trinajstić information content (AvgIpc) is 3.00. The molecule has 2 aromatic carbocycles. The summed E-state index contributed by atoms with van der Waals surface area (Å²) < 4.78 is 5.95. The van der Waals surface area contributed by atoms with Crippen LogP contribution in [0.25, 0.3) is 0 Å². The van der Waals surface area contributed by atoms with Gasteiger partial charge >= 0.3 is 0 Å². The summed E-state index contributed by atoms with van der Waals surface area (Å²) in [6, 6.07) is 13.8. The minimum atomic E-state index is -1.08. The van der Waals surface area contributed by atoms with Crippen LogP contribution in [0.2, 0.25) is 10.0 Å². The van der Waals surface area contributed by atoms with E-state index in [9.17, 15) is 9.59 Å². The summed E-state index contributed by atoms with van der Waals surface area (Å²) >= 11 is 12.2. The number of rotatable bonds is 6. The number of benzene rings is 2.